The summed E-state index contributed by atoms with van der Waals surface area (Å²) in [4.78, 5) is 4.39. The van der Waals surface area contributed by atoms with Gasteiger partial charge in [-0.05, 0) is 60.4 Å². The van der Waals surface area contributed by atoms with Crippen LogP contribution in [0.15, 0.2) is 42.7 Å². The lowest BCUT2D eigenvalue weighted by Gasteiger charge is -2.34. The van der Waals surface area contributed by atoms with Crippen LogP contribution in [0, 0.1) is 11.2 Å². The molecule has 1 aliphatic carbocycles. The lowest BCUT2D eigenvalue weighted by molar-refractivity contribution is 0.205. The Labute approximate surface area is 160 Å². The molecular weight excluding hydrogens is 337 g/mol. The fourth-order valence-electron chi connectivity index (χ4n) is 4.04. The number of halogens is 1. The van der Waals surface area contributed by atoms with E-state index in [-0.39, 0.29) is 5.82 Å². The van der Waals surface area contributed by atoms with Crippen LogP contribution in [0.4, 0.5) is 4.39 Å². The van der Waals surface area contributed by atoms with Crippen molar-refractivity contribution in [2.24, 2.45) is 12.5 Å². The summed E-state index contributed by atoms with van der Waals surface area (Å²) < 4.78 is 16.7. The molecule has 0 radical (unpaired) electrons. The molecule has 27 heavy (non-hydrogen) atoms. The zero-order valence-electron chi connectivity index (χ0n) is 16.4. The molecule has 1 aromatic heterocycles. The molecule has 1 N–H and O–H groups in total. The molecule has 3 aromatic rings. The Hall–Kier alpha value is -2.20. The molecule has 0 saturated heterocycles. The van der Waals surface area contributed by atoms with E-state index >= 15 is 0 Å². The van der Waals surface area contributed by atoms with Gasteiger partial charge in [-0.2, -0.15) is 0 Å². The molecular formula is C23H28FN3. The first-order chi connectivity index (χ1) is 12.9. The number of benzene rings is 2. The molecule has 4 rings (SSSR count). The van der Waals surface area contributed by atoms with E-state index in [1.54, 1.807) is 12.4 Å². The Bertz CT molecular complexity index is 947. The van der Waals surface area contributed by atoms with Crippen LogP contribution in [0.2, 0.25) is 0 Å². The van der Waals surface area contributed by atoms with Crippen molar-refractivity contribution in [1.82, 2.24) is 14.9 Å². The Kier molecular flexibility index (Phi) is 4.77. The van der Waals surface area contributed by atoms with Crippen LogP contribution in [-0.4, -0.2) is 15.6 Å². The van der Waals surface area contributed by atoms with Gasteiger partial charge in [0.15, 0.2) is 0 Å². The van der Waals surface area contributed by atoms with Crippen LogP contribution in [0.5, 0.6) is 0 Å². The maximum absolute atomic E-state index is 14.7. The van der Waals surface area contributed by atoms with Crippen LogP contribution < -0.4 is 5.32 Å². The third-order valence-electron chi connectivity index (χ3n) is 6.03. The number of nitrogens with zero attached hydrogens (tertiary/aromatic N) is 2. The van der Waals surface area contributed by atoms with Gasteiger partial charge in [-0.1, -0.05) is 32.0 Å². The first-order valence-electron chi connectivity index (χ1n) is 9.85. The third kappa shape index (κ3) is 3.91. The number of imidazole rings is 1. The molecule has 0 unspecified atom stereocenters. The highest BCUT2D eigenvalue weighted by atomic mass is 19.1. The van der Waals surface area contributed by atoms with Crippen molar-refractivity contribution in [1.29, 1.82) is 0 Å². The molecule has 0 bridgehead atoms. The predicted molar refractivity (Wildman–Crippen MR) is 109 cm³/mol. The van der Waals surface area contributed by atoms with E-state index in [0.29, 0.717) is 18.0 Å². The van der Waals surface area contributed by atoms with Crippen molar-refractivity contribution in [2.75, 3.05) is 0 Å². The lowest BCUT2D eigenvalue weighted by Crippen LogP contribution is -2.35. The Morgan fingerprint density at radius 2 is 1.81 bits per heavy atom. The van der Waals surface area contributed by atoms with Crippen molar-refractivity contribution in [2.45, 2.75) is 52.1 Å². The maximum atomic E-state index is 14.7. The van der Waals surface area contributed by atoms with Gasteiger partial charge >= 0.3 is 0 Å². The van der Waals surface area contributed by atoms with Crippen LogP contribution in [-0.2, 0) is 13.6 Å². The van der Waals surface area contributed by atoms with E-state index < -0.39 is 0 Å². The number of nitrogens with one attached hydrogen (secondary N) is 1. The third-order valence-corrected chi connectivity index (χ3v) is 6.03. The molecule has 1 heterocycles. The number of fused-ring (bicyclic) bond motifs is 1. The van der Waals surface area contributed by atoms with Crippen molar-refractivity contribution in [3.63, 3.8) is 0 Å². The van der Waals surface area contributed by atoms with Gasteiger partial charge in [0.05, 0.1) is 17.4 Å². The SMILES string of the molecule is Cn1cnc2cc(-c3ccc(CNC4CCC(C)(C)CC4)c(F)c3)ccc21. The first kappa shape index (κ1) is 18.2. The second-order valence-electron chi connectivity index (χ2n) is 8.68. The highest BCUT2D eigenvalue weighted by molar-refractivity contribution is 5.82. The second kappa shape index (κ2) is 7.08. The molecule has 0 amide bonds. The maximum Gasteiger partial charge on any atom is 0.128 e. The minimum absolute atomic E-state index is 0.141. The zero-order chi connectivity index (χ0) is 19.0. The zero-order valence-corrected chi connectivity index (χ0v) is 16.4. The normalized spacial score (nSPS) is 17.5. The second-order valence-corrected chi connectivity index (χ2v) is 8.68. The van der Waals surface area contributed by atoms with Gasteiger partial charge in [-0.3, -0.25) is 0 Å². The number of aromatic nitrogens is 2. The standard InChI is InChI=1S/C23H28FN3/c1-23(2)10-8-19(9-11-23)25-14-18-5-4-16(12-20(18)24)17-6-7-22-21(13-17)26-15-27(22)3/h4-7,12-13,15,19,25H,8-11,14H2,1-3H3. The van der Waals surface area contributed by atoms with Crippen molar-refractivity contribution in [3.8, 4) is 11.1 Å². The minimum Gasteiger partial charge on any atom is -0.334 e. The summed E-state index contributed by atoms with van der Waals surface area (Å²) >= 11 is 0. The molecule has 142 valence electrons. The molecule has 0 spiro atoms. The summed E-state index contributed by atoms with van der Waals surface area (Å²) in [5.74, 6) is -0.141. The van der Waals surface area contributed by atoms with E-state index in [2.05, 4.69) is 24.1 Å². The van der Waals surface area contributed by atoms with E-state index in [0.717, 1.165) is 27.7 Å². The summed E-state index contributed by atoms with van der Waals surface area (Å²) in [6, 6.07) is 12.2. The van der Waals surface area contributed by atoms with Crippen LogP contribution in [0.1, 0.15) is 45.1 Å². The van der Waals surface area contributed by atoms with Gasteiger partial charge in [0.25, 0.3) is 0 Å². The quantitative estimate of drug-likeness (QED) is 0.667. The molecule has 0 aliphatic heterocycles. The smallest absolute Gasteiger partial charge is 0.128 e. The van der Waals surface area contributed by atoms with Crippen LogP contribution >= 0.6 is 0 Å². The molecule has 0 atom stereocenters. The Balaban J connectivity index is 1.45. The number of aryl methyl sites for hydroxylation is 1. The highest BCUT2D eigenvalue weighted by Crippen LogP contribution is 2.35. The summed E-state index contributed by atoms with van der Waals surface area (Å²) in [7, 11) is 1.98. The largest absolute Gasteiger partial charge is 0.334 e. The first-order valence-corrected chi connectivity index (χ1v) is 9.85. The van der Waals surface area contributed by atoms with Gasteiger partial charge in [-0.25, -0.2) is 9.37 Å². The lowest BCUT2D eigenvalue weighted by atomic mass is 9.75. The van der Waals surface area contributed by atoms with Crippen molar-refractivity contribution >= 4 is 11.0 Å². The van der Waals surface area contributed by atoms with Crippen LogP contribution in [0.3, 0.4) is 0 Å². The van der Waals surface area contributed by atoms with E-state index in [1.165, 1.54) is 25.7 Å². The van der Waals surface area contributed by atoms with E-state index in [9.17, 15) is 4.39 Å². The highest BCUT2D eigenvalue weighted by Gasteiger charge is 2.26. The van der Waals surface area contributed by atoms with Gasteiger partial charge in [-0.15, -0.1) is 0 Å². The Morgan fingerprint density at radius 1 is 1.11 bits per heavy atom. The van der Waals surface area contributed by atoms with Crippen molar-refractivity contribution in [3.05, 3.63) is 54.1 Å². The van der Waals surface area contributed by atoms with Gasteiger partial charge < -0.3 is 9.88 Å². The van der Waals surface area contributed by atoms with Gasteiger partial charge in [0.2, 0.25) is 0 Å². The minimum atomic E-state index is -0.141. The summed E-state index contributed by atoms with van der Waals surface area (Å²) in [5, 5.41) is 3.55. The fourth-order valence-corrected chi connectivity index (χ4v) is 4.04. The Morgan fingerprint density at radius 3 is 2.56 bits per heavy atom. The fraction of sp³-hybridized carbons (Fsp3) is 0.435. The molecule has 1 aliphatic rings. The number of hydrogen-bond donors (Lipinski definition) is 1. The molecule has 3 nitrogen and oxygen atoms in total. The topological polar surface area (TPSA) is 29.9 Å². The van der Waals surface area contributed by atoms with Gasteiger partial charge in [0.1, 0.15) is 5.82 Å². The number of hydrogen-bond acceptors (Lipinski definition) is 2. The van der Waals surface area contributed by atoms with E-state index in [4.69, 9.17) is 0 Å². The molecule has 1 saturated carbocycles. The summed E-state index contributed by atoms with van der Waals surface area (Å²) in [5.41, 5.74) is 5.09. The van der Waals surface area contributed by atoms with E-state index in [1.807, 2.05) is 41.9 Å². The molecule has 4 heteroatoms. The summed E-state index contributed by atoms with van der Waals surface area (Å²) in [6.07, 6.45) is 6.63. The average Bonchev–Trinajstić information content (AvgIpc) is 3.02. The predicted octanol–water partition coefficient (Wildman–Crippen LogP) is 5.44. The molecule has 1 fully saturated rings. The van der Waals surface area contributed by atoms with Crippen LogP contribution in [0.25, 0.3) is 22.2 Å². The monoisotopic (exact) mass is 365 g/mol. The van der Waals surface area contributed by atoms with Gasteiger partial charge in [0, 0.05) is 25.2 Å². The molecule has 2 aromatic carbocycles. The summed E-state index contributed by atoms with van der Waals surface area (Å²) in [6.45, 7) is 5.27. The van der Waals surface area contributed by atoms with Crippen molar-refractivity contribution < 1.29 is 4.39 Å². The average molecular weight is 365 g/mol. The number of rotatable bonds is 4.